The Bertz CT molecular complexity index is 714. The fraction of sp³-hybridized carbons (Fsp3) is 0.333. The average Bonchev–Trinajstić information content (AvgIpc) is 2.48. The maximum Gasteiger partial charge on any atom is 0.263 e. The van der Waals surface area contributed by atoms with Gasteiger partial charge in [0.1, 0.15) is 11.6 Å². The van der Waals surface area contributed by atoms with Gasteiger partial charge >= 0.3 is 0 Å². The second kappa shape index (κ2) is 7.59. The number of anilines is 1. The minimum Gasteiger partial charge on any atom is -0.483 e. The van der Waals surface area contributed by atoms with E-state index in [0.29, 0.717) is 11.7 Å². The number of hydrogen-bond acceptors (Lipinski definition) is 3. The monoisotopic (exact) mass is 376 g/mol. The van der Waals surface area contributed by atoms with Gasteiger partial charge in [-0.3, -0.25) is 4.79 Å². The summed E-state index contributed by atoms with van der Waals surface area (Å²) >= 11 is 3.39. The molecule has 0 spiro atoms. The molecule has 0 radical (unpaired) electrons. The van der Waals surface area contributed by atoms with E-state index >= 15 is 0 Å². The van der Waals surface area contributed by atoms with E-state index in [0.717, 1.165) is 27.0 Å². The number of ether oxygens (including phenoxy) is 1. The minimum atomic E-state index is -0.226. The number of halogens is 1. The van der Waals surface area contributed by atoms with Crippen LogP contribution in [0, 0.1) is 13.8 Å². The fourth-order valence-corrected chi connectivity index (χ4v) is 2.40. The molecular weight excluding hydrogens is 356 g/mol. The molecule has 1 heterocycles. The molecule has 0 aliphatic carbocycles. The van der Waals surface area contributed by atoms with E-state index in [1.54, 1.807) is 6.07 Å². The Hall–Kier alpha value is -1.88. The third kappa shape index (κ3) is 4.79. The number of pyridine rings is 1. The van der Waals surface area contributed by atoms with E-state index in [-0.39, 0.29) is 12.5 Å². The van der Waals surface area contributed by atoms with Crippen LogP contribution in [0.5, 0.6) is 5.75 Å². The smallest absolute Gasteiger partial charge is 0.263 e. The van der Waals surface area contributed by atoms with Crippen LogP contribution in [-0.2, 0) is 4.79 Å². The lowest BCUT2D eigenvalue weighted by Crippen LogP contribution is -2.21. The number of aromatic nitrogens is 1. The first-order valence-corrected chi connectivity index (χ1v) is 8.32. The van der Waals surface area contributed by atoms with Crippen LogP contribution in [0.1, 0.15) is 36.6 Å². The van der Waals surface area contributed by atoms with Gasteiger partial charge in [-0.1, -0.05) is 26.0 Å². The summed E-state index contributed by atoms with van der Waals surface area (Å²) in [5.41, 5.74) is 3.03. The minimum absolute atomic E-state index is 0.0417. The Morgan fingerprint density at radius 3 is 2.65 bits per heavy atom. The lowest BCUT2D eigenvalue weighted by atomic mass is 10.0. The lowest BCUT2D eigenvalue weighted by molar-refractivity contribution is -0.118. The number of aryl methyl sites for hydroxylation is 2. The van der Waals surface area contributed by atoms with Crippen LogP contribution in [0.3, 0.4) is 0 Å². The molecule has 0 fully saturated rings. The molecule has 1 amide bonds. The van der Waals surface area contributed by atoms with Crippen molar-refractivity contribution in [2.75, 3.05) is 11.9 Å². The standard InChI is InChI=1S/C18H21BrN2O2/c1-11(2)14-6-5-12(3)9-16(14)23-10-18(22)21-17-8-7-15(19)13(4)20-17/h5-9,11H,10H2,1-4H3,(H,20,21,22). The van der Waals surface area contributed by atoms with Gasteiger partial charge in [-0.05, 0) is 65.0 Å². The Balaban J connectivity index is 2.01. The highest BCUT2D eigenvalue weighted by atomic mass is 79.9. The fourth-order valence-electron chi connectivity index (χ4n) is 2.18. The zero-order chi connectivity index (χ0) is 17.0. The van der Waals surface area contributed by atoms with Crippen molar-refractivity contribution in [2.45, 2.75) is 33.6 Å². The van der Waals surface area contributed by atoms with E-state index in [9.17, 15) is 4.79 Å². The SMILES string of the molecule is Cc1ccc(C(C)C)c(OCC(=O)Nc2ccc(Br)c(C)n2)c1. The van der Waals surface area contributed by atoms with Crippen LogP contribution in [0.15, 0.2) is 34.8 Å². The van der Waals surface area contributed by atoms with Crippen LogP contribution in [0.4, 0.5) is 5.82 Å². The van der Waals surface area contributed by atoms with E-state index < -0.39 is 0 Å². The highest BCUT2D eigenvalue weighted by Gasteiger charge is 2.11. The van der Waals surface area contributed by atoms with Crippen molar-refractivity contribution in [2.24, 2.45) is 0 Å². The van der Waals surface area contributed by atoms with Crippen molar-refractivity contribution in [3.8, 4) is 5.75 Å². The molecule has 0 aliphatic rings. The Morgan fingerprint density at radius 2 is 2.00 bits per heavy atom. The van der Waals surface area contributed by atoms with Crippen molar-refractivity contribution < 1.29 is 9.53 Å². The van der Waals surface area contributed by atoms with Crippen molar-refractivity contribution >= 4 is 27.7 Å². The van der Waals surface area contributed by atoms with Gasteiger partial charge in [0.05, 0.1) is 5.69 Å². The largest absolute Gasteiger partial charge is 0.483 e. The third-order valence-electron chi connectivity index (χ3n) is 3.44. The van der Waals surface area contributed by atoms with Crippen LogP contribution in [0.25, 0.3) is 0 Å². The summed E-state index contributed by atoms with van der Waals surface area (Å²) in [6, 6.07) is 9.67. The van der Waals surface area contributed by atoms with Crippen molar-refractivity contribution in [1.82, 2.24) is 4.98 Å². The number of benzene rings is 1. The molecule has 2 aromatic rings. The van der Waals surface area contributed by atoms with E-state index in [1.165, 1.54) is 0 Å². The number of nitrogens with zero attached hydrogens (tertiary/aromatic N) is 1. The molecule has 23 heavy (non-hydrogen) atoms. The van der Waals surface area contributed by atoms with Crippen molar-refractivity contribution in [1.29, 1.82) is 0 Å². The van der Waals surface area contributed by atoms with Gasteiger partial charge in [0.15, 0.2) is 6.61 Å². The van der Waals surface area contributed by atoms with Gasteiger partial charge < -0.3 is 10.1 Å². The Morgan fingerprint density at radius 1 is 1.26 bits per heavy atom. The van der Waals surface area contributed by atoms with E-state index in [4.69, 9.17) is 4.74 Å². The predicted octanol–water partition coefficient (Wildman–Crippen LogP) is 4.60. The molecule has 1 N–H and O–H groups in total. The quantitative estimate of drug-likeness (QED) is 0.829. The molecule has 0 aliphatic heterocycles. The summed E-state index contributed by atoms with van der Waals surface area (Å²) in [5, 5.41) is 2.75. The number of carbonyl (C=O) groups is 1. The molecule has 5 heteroatoms. The Kier molecular flexibility index (Phi) is 5.77. The summed E-state index contributed by atoms with van der Waals surface area (Å²) < 4.78 is 6.63. The van der Waals surface area contributed by atoms with Gasteiger partial charge in [0.25, 0.3) is 5.91 Å². The van der Waals surface area contributed by atoms with E-state index in [2.05, 4.69) is 46.1 Å². The number of amides is 1. The Labute approximate surface area is 145 Å². The maximum atomic E-state index is 12.1. The number of nitrogens with one attached hydrogen (secondary N) is 1. The lowest BCUT2D eigenvalue weighted by Gasteiger charge is -2.14. The average molecular weight is 377 g/mol. The summed E-state index contributed by atoms with van der Waals surface area (Å²) in [5.74, 6) is 1.39. The summed E-state index contributed by atoms with van der Waals surface area (Å²) in [6.07, 6.45) is 0. The molecule has 0 bridgehead atoms. The first-order valence-electron chi connectivity index (χ1n) is 7.53. The van der Waals surface area contributed by atoms with Gasteiger partial charge in [-0.15, -0.1) is 0 Å². The highest BCUT2D eigenvalue weighted by Crippen LogP contribution is 2.27. The van der Waals surface area contributed by atoms with Crippen LogP contribution >= 0.6 is 15.9 Å². The maximum absolute atomic E-state index is 12.1. The predicted molar refractivity (Wildman–Crippen MR) is 96.1 cm³/mol. The molecule has 2 rings (SSSR count). The normalized spacial score (nSPS) is 10.7. The number of hydrogen-bond donors (Lipinski definition) is 1. The van der Waals surface area contributed by atoms with Gasteiger partial charge in [-0.25, -0.2) is 4.98 Å². The van der Waals surface area contributed by atoms with Crippen LogP contribution < -0.4 is 10.1 Å². The zero-order valence-corrected chi connectivity index (χ0v) is 15.4. The van der Waals surface area contributed by atoms with E-state index in [1.807, 2.05) is 32.0 Å². The first kappa shape index (κ1) is 17.5. The molecule has 122 valence electrons. The summed E-state index contributed by atoms with van der Waals surface area (Å²) in [4.78, 5) is 16.4. The summed E-state index contributed by atoms with van der Waals surface area (Å²) in [6.45, 7) is 8.04. The molecule has 0 saturated heterocycles. The molecule has 0 atom stereocenters. The number of rotatable bonds is 5. The van der Waals surface area contributed by atoms with Gasteiger partial charge in [-0.2, -0.15) is 0 Å². The number of carbonyl (C=O) groups excluding carboxylic acids is 1. The molecular formula is C18H21BrN2O2. The topological polar surface area (TPSA) is 51.2 Å². The second-order valence-corrected chi connectivity index (χ2v) is 6.65. The molecule has 0 unspecified atom stereocenters. The molecule has 1 aromatic carbocycles. The third-order valence-corrected chi connectivity index (χ3v) is 4.28. The molecule has 4 nitrogen and oxygen atoms in total. The second-order valence-electron chi connectivity index (χ2n) is 5.80. The van der Waals surface area contributed by atoms with Crippen molar-refractivity contribution in [3.63, 3.8) is 0 Å². The first-order chi connectivity index (χ1) is 10.9. The summed E-state index contributed by atoms with van der Waals surface area (Å²) in [7, 11) is 0. The highest BCUT2D eigenvalue weighted by molar-refractivity contribution is 9.10. The van der Waals surface area contributed by atoms with Crippen LogP contribution in [0.2, 0.25) is 0 Å². The zero-order valence-electron chi connectivity index (χ0n) is 13.8. The van der Waals surface area contributed by atoms with Gasteiger partial charge in [0.2, 0.25) is 0 Å². The van der Waals surface area contributed by atoms with Crippen molar-refractivity contribution in [3.05, 3.63) is 51.6 Å². The van der Waals surface area contributed by atoms with Crippen LogP contribution in [-0.4, -0.2) is 17.5 Å². The molecule has 0 saturated carbocycles. The van der Waals surface area contributed by atoms with Gasteiger partial charge in [0, 0.05) is 4.47 Å². The molecule has 1 aromatic heterocycles.